The second-order valence-electron chi connectivity index (χ2n) is 7.28. The van der Waals surface area contributed by atoms with Crippen LogP contribution in [0.25, 0.3) is 0 Å². The van der Waals surface area contributed by atoms with Crippen LogP contribution in [-0.4, -0.2) is 85.1 Å². The molecule has 0 saturated carbocycles. The van der Waals surface area contributed by atoms with E-state index in [1.807, 2.05) is 13.8 Å². The molecule has 0 spiro atoms. The normalized spacial score (nSPS) is 23.1. The fraction of sp³-hybridized carbons (Fsp3) is 0.933. The number of β-amino-alcohol motifs (C(OH)–C–C–N with tert-alkyl or cyclic N) is 1. The number of hydrogen-bond donors (Lipinski definition) is 1. The van der Waals surface area contributed by atoms with E-state index in [0.717, 1.165) is 6.54 Å². The van der Waals surface area contributed by atoms with Crippen molar-refractivity contribution in [2.45, 2.75) is 45.0 Å². The van der Waals surface area contributed by atoms with E-state index in [0.29, 0.717) is 19.7 Å². The van der Waals surface area contributed by atoms with E-state index in [1.165, 1.54) is 4.90 Å². The molecule has 0 aromatic heterocycles. The molecule has 1 heterocycles. The van der Waals surface area contributed by atoms with Crippen LogP contribution < -0.4 is 0 Å². The zero-order chi connectivity index (χ0) is 16.3. The molecule has 6 heteroatoms. The third kappa shape index (κ3) is 7.22. The van der Waals surface area contributed by atoms with Gasteiger partial charge in [-0.15, -0.1) is 0 Å². The van der Waals surface area contributed by atoms with Crippen molar-refractivity contribution in [2.75, 3.05) is 46.9 Å². The zero-order valence-electron chi connectivity index (χ0n) is 14.2. The smallest absolute Gasteiger partial charge is 0.248 e. The van der Waals surface area contributed by atoms with Gasteiger partial charge in [-0.05, 0) is 27.7 Å². The van der Waals surface area contributed by atoms with Crippen molar-refractivity contribution in [2.24, 2.45) is 0 Å². The minimum Gasteiger partial charge on any atom is -0.389 e. The first-order valence-electron chi connectivity index (χ1n) is 7.39. The Balaban J connectivity index is 2.48. The van der Waals surface area contributed by atoms with Crippen molar-refractivity contribution >= 4 is 5.91 Å². The Morgan fingerprint density at radius 2 is 2.10 bits per heavy atom. The van der Waals surface area contributed by atoms with Gasteiger partial charge in [-0.2, -0.15) is 0 Å². The molecule has 124 valence electrons. The van der Waals surface area contributed by atoms with Crippen molar-refractivity contribution < 1.29 is 19.4 Å². The summed E-state index contributed by atoms with van der Waals surface area (Å²) in [5.74, 6) is -0.0570. The van der Waals surface area contributed by atoms with E-state index in [2.05, 4.69) is 4.90 Å². The number of amides is 1. The van der Waals surface area contributed by atoms with Crippen LogP contribution in [0, 0.1) is 0 Å². The molecule has 1 rings (SSSR count). The Labute approximate surface area is 128 Å². The van der Waals surface area contributed by atoms with Crippen LogP contribution in [0.4, 0.5) is 0 Å². The summed E-state index contributed by atoms with van der Waals surface area (Å²) in [6.45, 7) is 10.2. The second-order valence-corrected chi connectivity index (χ2v) is 7.28. The highest BCUT2D eigenvalue weighted by Gasteiger charge is 2.35. The predicted molar refractivity (Wildman–Crippen MR) is 81.2 cm³/mol. The number of aliphatic hydroxyl groups is 1. The third-order valence-corrected chi connectivity index (χ3v) is 3.19. The minimum atomic E-state index is -0.736. The van der Waals surface area contributed by atoms with E-state index in [9.17, 15) is 9.90 Å². The molecule has 1 fully saturated rings. The summed E-state index contributed by atoms with van der Waals surface area (Å²) in [5.41, 5.74) is -1.03. The van der Waals surface area contributed by atoms with Crippen LogP contribution in [0.2, 0.25) is 0 Å². The maximum atomic E-state index is 11.5. The van der Waals surface area contributed by atoms with Gasteiger partial charge >= 0.3 is 0 Å². The van der Waals surface area contributed by atoms with E-state index in [-0.39, 0.29) is 24.2 Å². The Bertz CT molecular complexity index is 348. The summed E-state index contributed by atoms with van der Waals surface area (Å²) in [6.07, 6.45) is -0.0916. The van der Waals surface area contributed by atoms with Crippen molar-refractivity contribution in [3.63, 3.8) is 0 Å². The van der Waals surface area contributed by atoms with Crippen LogP contribution in [0.5, 0.6) is 0 Å². The van der Waals surface area contributed by atoms with Crippen molar-refractivity contribution in [1.29, 1.82) is 0 Å². The molecule has 0 aromatic carbocycles. The molecule has 1 N–H and O–H groups in total. The van der Waals surface area contributed by atoms with Crippen LogP contribution in [0.15, 0.2) is 0 Å². The number of rotatable bonds is 6. The molecule has 21 heavy (non-hydrogen) atoms. The third-order valence-electron chi connectivity index (χ3n) is 3.19. The Morgan fingerprint density at radius 3 is 2.62 bits per heavy atom. The van der Waals surface area contributed by atoms with Gasteiger partial charge in [0.25, 0.3) is 0 Å². The van der Waals surface area contributed by atoms with E-state index in [1.54, 1.807) is 27.9 Å². The summed E-state index contributed by atoms with van der Waals surface area (Å²) in [6, 6.07) is 0. The number of carbonyl (C=O) groups is 1. The van der Waals surface area contributed by atoms with Crippen LogP contribution in [0.1, 0.15) is 27.7 Å². The van der Waals surface area contributed by atoms with E-state index < -0.39 is 5.60 Å². The van der Waals surface area contributed by atoms with Crippen molar-refractivity contribution in [3.05, 3.63) is 0 Å². The highest BCUT2D eigenvalue weighted by atomic mass is 16.6. The lowest BCUT2D eigenvalue weighted by Crippen LogP contribution is -2.56. The number of hydrogen-bond acceptors (Lipinski definition) is 5. The van der Waals surface area contributed by atoms with Gasteiger partial charge in [-0.3, -0.25) is 9.69 Å². The number of carbonyl (C=O) groups excluding carboxylic acids is 1. The summed E-state index contributed by atoms with van der Waals surface area (Å²) >= 11 is 0. The first-order valence-corrected chi connectivity index (χ1v) is 7.39. The second kappa shape index (κ2) is 7.05. The average Bonchev–Trinajstić information content (AvgIpc) is 2.23. The average molecular weight is 302 g/mol. The SMILES string of the molecule is CN(C)C(=O)COC[C@@H]1CN(CC(C)(C)O)CC(C)(C)O1. The van der Waals surface area contributed by atoms with Crippen LogP contribution >= 0.6 is 0 Å². The summed E-state index contributed by atoms with van der Waals surface area (Å²) in [7, 11) is 3.41. The number of likely N-dealkylation sites (N-methyl/N-ethyl adjacent to an activating group) is 1. The Morgan fingerprint density at radius 1 is 1.48 bits per heavy atom. The van der Waals surface area contributed by atoms with Gasteiger partial charge in [0, 0.05) is 33.7 Å². The lowest BCUT2D eigenvalue weighted by Gasteiger charge is -2.44. The van der Waals surface area contributed by atoms with Gasteiger partial charge in [0.05, 0.1) is 23.9 Å². The lowest BCUT2D eigenvalue weighted by molar-refractivity contribution is -0.166. The highest BCUT2D eigenvalue weighted by Crippen LogP contribution is 2.22. The van der Waals surface area contributed by atoms with Crippen LogP contribution in [-0.2, 0) is 14.3 Å². The Kier molecular flexibility index (Phi) is 6.16. The number of nitrogens with zero attached hydrogens (tertiary/aromatic N) is 2. The van der Waals surface area contributed by atoms with Gasteiger partial charge < -0.3 is 19.5 Å². The number of morpholine rings is 1. The molecule has 1 aliphatic rings. The molecule has 6 nitrogen and oxygen atoms in total. The highest BCUT2D eigenvalue weighted by molar-refractivity contribution is 5.76. The van der Waals surface area contributed by atoms with E-state index in [4.69, 9.17) is 9.47 Å². The van der Waals surface area contributed by atoms with Gasteiger partial charge in [-0.25, -0.2) is 0 Å². The fourth-order valence-electron chi connectivity index (χ4n) is 2.58. The molecule has 0 radical (unpaired) electrons. The van der Waals surface area contributed by atoms with Crippen molar-refractivity contribution in [1.82, 2.24) is 9.80 Å². The molecular weight excluding hydrogens is 272 g/mol. The summed E-state index contributed by atoms with van der Waals surface area (Å²) in [5, 5.41) is 9.97. The molecule has 1 aliphatic heterocycles. The monoisotopic (exact) mass is 302 g/mol. The van der Waals surface area contributed by atoms with Gasteiger partial charge in [0.15, 0.2) is 0 Å². The standard InChI is InChI=1S/C15H30N2O4/c1-14(2,19)10-17-7-12(21-15(3,4)11-17)8-20-9-13(18)16(5)6/h12,19H,7-11H2,1-6H3/t12-/m0/s1. The molecule has 1 atom stereocenters. The summed E-state index contributed by atoms with van der Waals surface area (Å²) < 4.78 is 11.5. The number of ether oxygens (including phenoxy) is 2. The maximum Gasteiger partial charge on any atom is 0.248 e. The molecule has 0 bridgehead atoms. The van der Waals surface area contributed by atoms with Gasteiger partial charge in [-0.1, -0.05) is 0 Å². The van der Waals surface area contributed by atoms with Gasteiger partial charge in [0.2, 0.25) is 5.91 Å². The summed E-state index contributed by atoms with van der Waals surface area (Å²) in [4.78, 5) is 15.2. The molecule has 0 aliphatic carbocycles. The molecule has 0 aromatic rings. The topological polar surface area (TPSA) is 62.2 Å². The molecule has 0 unspecified atom stereocenters. The Hall–Kier alpha value is -0.690. The minimum absolute atomic E-state index is 0.0570. The fourth-order valence-corrected chi connectivity index (χ4v) is 2.58. The molecular formula is C15H30N2O4. The first-order chi connectivity index (χ1) is 9.48. The molecule has 1 saturated heterocycles. The predicted octanol–water partition coefficient (Wildman–Crippen LogP) is 0.342. The van der Waals surface area contributed by atoms with Crippen molar-refractivity contribution in [3.8, 4) is 0 Å². The van der Waals surface area contributed by atoms with Crippen LogP contribution in [0.3, 0.4) is 0 Å². The largest absolute Gasteiger partial charge is 0.389 e. The maximum absolute atomic E-state index is 11.5. The first kappa shape index (κ1) is 18.4. The lowest BCUT2D eigenvalue weighted by atomic mass is 10.0. The molecule has 1 amide bonds. The van der Waals surface area contributed by atoms with Gasteiger partial charge in [0.1, 0.15) is 6.61 Å². The zero-order valence-corrected chi connectivity index (χ0v) is 14.2. The van der Waals surface area contributed by atoms with E-state index >= 15 is 0 Å². The quantitative estimate of drug-likeness (QED) is 0.767.